The molecule has 3 fully saturated rings. The molecule has 0 aromatic rings. The van der Waals surface area contributed by atoms with E-state index in [-0.39, 0.29) is 50.6 Å². The van der Waals surface area contributed by atoms with E-state index < -0.39 is 10.8 Å². The molecule has 0 N–H and O–H groups in total. The zero-order valence-corrected chi connectivity index (χ0v) is 24.8. The summed E-state index contributed by atoms with van der Waals surface area (Å²) in [5, 5.41) is 9.92. The highest BCUT2D eigenvalue weighted by atomic mass is 16.1. The lowest BCUT2D eigenvalue weighted by molar-refractivity contribution is -0.179. The minimum atomic E-state index is -0.629. The van der Waals surface area contributed by atoms with Crippen molar-refractivity contribution < 1.29 is 14.4 Å². The Bertz CT molecular complexity index is 1090. The number of carbonyl (C=O) groups is 3. The first kappa shape index (κ1) is 28.3. The lowest BCUT2D eigenvalue weighted by Crippen LogP contribution is -2.62. The summed E-state index contributed by atoms with van der Waals surface area (Å²) in [7, 11) is 0. The maximum Gasteiger partial charge on any atom is 0.178 e. The number of hydrogen-bond acceptors (Lipinski definition) is 4. The molecule has 0 saturated heterocycles. The largest absolute Gasteiger partial charge is 0.300 e. The van der Waals surface area contributed by atoms with Crippen molar-refractivity contribution >= 4 is 17.3 Å². The van der Waals surface area contributed by atoms with Crippen molar-refractivity contribution in [1.29, 1.82) is 5.26 Å². The molecule has 1 unspecified atom stereocenters. The number of ketones is 3. The van der Waals surface area contributed by atoms with E-state index in [0.717, 1.165) is 51.4 Å². The number of allylic oxidation sites excluding steroid dienone is 2. The van der Waals surface area contributed by atoms with Gasteiger partial charge in [-0.15, -0.1) is 0 Å². The maximum atomic E-state index is 13.3. The zero-order valence-electron chi connectivity index (χ0n) is 24.8. The second-order valence-corrected chi connectivity index (χ2v) is 15.6. The molecule has 0 amide bonds. The highest BCUT2D eigenvalue weighted by molar-refractivity contribution is 6.04. The lowest BCUT2D eigenvalue weighted by atomic mass is 9.36. The average molecular weight is 508 g/mol. The Balaban J connectivity index is 1.82. The number of hydrogen-bond donors (Lipinski definition) is 0. The second-order valence-electron chi connectivity index (χ2n) is 15.6. The van der Waals surface area contributed by atoms with Crippen LogP contribution in [0.5, 0.6) is 0 Å². The van der Waals surface area contributed by atoms with Gasteiger partial charge < -0.3 is 4.79 Å². The van der Waals surface area contributed by atoms with Crippen LogP contribution in [0.4, 0.5) is 0 Å². The van der Waals surface area contributed by atoms with Crippen molar-refractivity contribution in [3.63, 3.8) is 0 Å². The number of fused-ring (bicyclic) bond motifs is 2. The Morgan fingerprint density at radius 3 is 2.14 bits per heavy atom. The van der Waals surface area contributed by atoms with Gasteiger partial charge in [-0.2, -0.15) is 5.26 Å². The van der Waals surface area contributed by atoms with Gasteiger partial charge in [-0.3, -0.25) is 9.59 Å². The van der Waals surface area contributed by atoms with Crippen LogP contribution in [0.1, 0.15) is 120 Å². The van der Waals surface area contributed by atoms with Crippen molar-refractivity contribution in [2.24, 2.45) is 50.2 Å². The molecule has 4 rings (SSSR count). The van der Waals surface area contributed by atoms with Crippen LogP contribution in [0.3, 0.4) is 0 Å². The molecule has 204 valence electrons. The molecular weight excluding hydrogens is 458 g/mol. The van der Waals surface area contributed by atoms with Crippen LogP contribution in [-0.4, -0.2) is 17.3 Å². The summed E-state index contributed by atoms with van der Waals surface area (Å²) in [6.45, 7) is 19.3. The Morgan fingerprint density at radius 2 is 1.57 bits per heavy atom. The van der Waals surface area contributed by atoms with E-state index >= 15 is 0 Å². The van der Waals surface area contributed by atoms with E-state index in [1.165, 1.54) is 0 Å². The standard InChI is InChI=1S/C33H49NO3/c1-21(35)16-26-31(8)17-23(20-34)27(37)29(5,6)25(31)10-11-32(26,9)30(7)13-15-33(22(2)36)14-12-28(3,4)18-24(33)19-30/h17,24-26H,10-16,18-19H2,1-9H3/t24?,25-,26+,30+,31-,32+,33+/m0/s1. The van der Waals surface area contributed by atoms with Gasteiger partial charge in [0, 0.05) is 17.3 Å². The summed E-state index contributed by atoms with van der Waals surface area (Å²) in [5.74, 6) is 0.989. The number of rotatable bonds is 4. The SMILES string of the molecule is CC(=O)C[C@@H]1[C@@]2(C)C=C(C#N)C(=O)C(C)(C)[C@@H]2CC[C@@]1(C)[C@]1(C)CC[C@@]2(C(C)=O)CCC(C)(C)CC2C1. The molecular formula is C33H49NO3. The summed E-state index contributed by atoms with van der Waals surface area (Å²) >= 11 is 0. The lowest BCUT2D eigenvalue weighted by Gasteiger charge is -2.67. The Hall–Kier alpha value is -1.76. The summed E-state index contributed by atoms with van der Waals surface area (Å²) in [6.07, 6.45) is 10.4. The van der Waals surface area contributed by atoms with E-state index in [1.807, 2.05) is 26.8 Å². The van der Waals surface area contributed by atoms with Crippen molar-refractivity contribution in [1.82, 2.24) is 0 Å². The molecule has 37 heavy (non-hydrogen) atoms. The van der Waals surface area contributed by atoms with Crippen LogP contribution in [0.25, 0.3) is 0 Å². The third-order valence-corrected chi connectivity index (χ3v) is 12.7. The van der Waals surface area contributed by atoms with Gasteiger partial charge in [-0.05, 0) is 105 Å². The molecule has 0 aromatic heterocycles. The fourth-order valence-corrected chi connectivity index (χ4v) is 10.2. The number of nitriles is 1. The molecule has 0 radical (unpaired) electrons. The summed E-state index contributed by atoms with van der Waals surface area (Å²) in [6, 6.07) is 2.21. The van der Waals surface area contributed by atoms with E-state index in [2.05, 4.69) is 40.7 Å². The number of carbonyl (C=O) groups excluding carboxylic acids is 3. The topological polar surface area (TPSA) is 75.0 Å². The number of Topliss-reactive ketones (excluding diaryl/α,β-unsaturated/α-hetero) is 3. The first-order valence-corrected chi connectivity index (χ1v) is 14.6. The predicted octanol–water partition coefficient (Wildman–Crippen LogP) is 7.66. The van der Waals surface area contributed by atoms with Gasteiger partial charge in [0.15, 0.2) is 5.78 Å². The molecule has 0 aromatic carbocycles. The fourth-order valence-electron chi connectivity index (χ4n) is 10.2. The van der Waals surface area contributed by atoms with E-state index in [9.17, 15) is 19.6 Å². The van der Waals surface area contributed by atoms with Crippen molar-refractivity contribution in [3.05, 3.63) is 11.6 Å². The van der Waals surface area contributed by atoms with Crippen LogP contribution < -0.4 is 0 Å². The fraction of sp³-hybridized carbons (Fsp3) is 0.818. The minimum Gasteiger partial charge on any atom is -0.300 e. The monoisotopic (exact) mass is 507 g/mol. The van der Waals surface area contributed by atoms with Gasteiger partial charge in [0.1, 0.15) is 17.6 Å². The molecule has 4 aliphatic carbocycles. The molecule has 3 saturated carbocycles. The minimum absolute atomic E-state index is 0.0234. The third kappa shape index (κ3) is 4.01. The van der Waals surface area contributed by atoms with Crippen molar-refractivity contribution in [2.45, 2.75) is 120 Å². The Labute approximate surface area is 225 Å². The van der Waals surface area contributed by atoms with Gasteiger partial charge in [-0.25, -0.2) is 0 Å². The van der Waals surface area contributed by atoms with Crippen molar-refractivity contribution in [2.75, 3.05) is 0 Å². The normalized spacial score (nSPS) is 44.6. The van der Waals surface area contributed by atoms with E-state index in [1.54, 1.807) is 6.92 Å². The smallest absolute Gasteiger partial charge is 0.178 e. The van der Waals surface area contributed by atoms with E-state index in [0.29, 0.717) is 18.1 Å². The van der Waals surface area contributed by atoms with Gasteiger partial charge in [0.05, 0.1) is 5.57 Å². The van der Waals surface area contributed by atoms with Crippen LogP contribution in [0.2, 0.25) is 0 Å². The highest BCUT2D eigenvalue weighted by Gasteiger charge is 2.66. The van der Waals surface area contributed by atoms with Gasteiger partial charge >= 0.3 is 0 Å². The van der Waals surface area contributed by atoms with Crippen LogP contribution >= 0.6 is 0 Å². The molecule has 4 nitrogen and oxygen atoms in total. The van der Waals surface area contributed by atoms with E-state index in [4.69, 9.17) is 0 Å². The maximum absolute atomic E-state index is 13.3. The van der Waals surface area contributed by atoms with Gasteiger partial charge in [-0.1, -0.05) is 54.5 Å². The quantitative estimate of drug-likeness (QED) is 0.391. The predicted molar refractivity (Wildman–Crippen MR) is 146 cm³/mol. The second kappa shape index (κ2) is 8.62. The first-order chi connectivity index (χ1) is 16.9. The highest BCUT2D eigenvalue weighted by Crippen LogP contribution is 2.72. The van der Waals surface area contributed by atoms with Crippen molar-refractivity contribution in [3.8, 4) is 6.07 Å². The van der Waals surface area contributed by atoms with Crippen LogP contribution in [0.15, 0.2) is 11.6 Å². The molecule has 4 aliphatic rings. The molecule has 0 bridgehead atoms. The third-order valence-electron chi connectivity index (χ3n) is 12.7. The molecule has 0 aliphatic heterocycles. The molecule has 4 heteroatoms. The summed E-state index contributed by atoms with van der Waals surface area (Å²) < 4.78 is 0. The zero-order chi connectivity index (χ0) is 27.8. The molecule has 0 heterocycles. The Kier molecular flexibility index (Phi) is 6.58. The summed E-state index contributed by atoms with van der Waals surface area (Å²) in [4.78, 5) is 39.2. The Morgan fingerprint density at radius 1 is 0.946 bits per heavy atom. The average Bonchev–Trinajstić information content (AvgIpc) is 2.78. The first-order valence-electron chi connectivity index (χ1n) is 14.6. The van der Waals surface area contributed by atoms with Crippen LogP contribution in [-0.2, 0) is 14.4 Å². The van der Waals surface area contributed by atoms with Gasteiger partial charge in [0.2, 0.25) is 0 Å². The van der Waals surface area contributed by atoms with Crippen LogP contribution in [0, 0.1) is 61.6 Å². The van der Waals surface area contributed by atoms with Gasteiger partial charge in [0.25, 0.3) is 0 Å². The summed E-state index contributed by atoms with van der Waals surface area (Å²) in [5.41, 5.74) is -0.897. The molecule has 0 spiro atoms. The number of nitrogens with zero attached hydrogens (tertiary/aromatic N) is 1. The molecule has 7 atom stereocenters.